The van der Waals surface area contributed by atoms with E-state index in [1.165, 1.54) is 19.1 Å². The van der Waals surface area contributed by atoms with Gasteiger partial charge in [-0.15, -0.1) is 13.2 Å². The van der Waals surface area contributed by atoms with Gasteiger partial charge in [0, 0.05) is 12.3 Å². The molecule has 170 valence electrons. The molecule has 2 aromatic heterocycles. The quantitative estimate of drug-likeness (QED) is 0.413. The highest BCUT2D eigenvalue weighted by atomic mass is 35.5. The van der Waals surface area contributed by atoms with Gasteiger partial charge in [0.25, 0.3) is 5.91 Å². The van der Waals surface area contributed by atoms with Gasteiger partial charge in [0.1, 0.15) is 27.9 Å². The molecule has 0 fully saturated rings. The molecule has 2 heterocycles. The van der Waals surface area contributed by atoms with Crippen LogP contribution in [0.5, 0.6) is 0 Å². The minimum absolute atomic E-state index is 0.0700. The first-order valence-corrected chi connectivity index (χ1v) is 9.51. The maximum absolute atomic E-state index is 14.6. The van der Waals surface area contributed by atoms with Crippen molar-refractivity contribution in [3.8, 4) is 5.69 Å². The monoisotopic (exact) mass is 495 g/mol. The lowest BCUT2D eigenvalue weighted by molar-refractivity contribution is -0.325. The minimum Gasteiger partial charge on any atom is -0.347 e. The van der Waals surface area contributed by atoms with E-state index in [1.807, 2.05) is 0 Å². The Balaban J connectivity index is 2.14. The fourth-order valence-corrected chi connectivity index (χ4v) is 3.27. The van der Waals surface area contributed by atoms with Crippen LogP contribution in [0, 0.1) is 11.6 Å². The van der Waals surface area contributed by atoms with E-state index in [0.29, 0.717) is 6.07 Å². The zero-order valence-corrected chi connectivity index (χ0v) is 17.4. The molecule has 0 aliphatic carbocycles. The smallest absolute Gasteiger partial charge is 0.347 e. The summed E-state index contributed by atoms with van der Waals surface area (Å²) in [5, 5.41) is 1.56. The third-order valence-corrected chi connectivity index (χ3v) is 4.66. The van der Waals surface area contributed by atoms with Gasteiger partial charge in [-0.1, -0.05) is 23.2 Å². The zero-order chi connectivity index (χ0) is 23.8. The normalized spacial score (nSPS) is 12.8. The molecule has 0 radical (unpaired) electrons. The second-order valence-electron chi connectivity index (χ2n) is 6.60. The van der Waals surface area contributed by atoms with Crippen LogP contribution in [0.1, 0.15) is 17.3 Å². The highest BCUT2D eigenvalue weighted by Gasteiger charge is 2.30. The number of aromatic nitrogens is 2. The van der Waals surface area contributed by atoms with Gasteiger partial charge in [-0.3, -0.25) is 18.9 Å². The lowest BCUT2D eigenvalue weighted by atomic mass is 10.1. The van der Waals surface area contributed by atoms with Gasteiger partial charge in [-0.25, -0.2) is 13.8 Å². The fraction of sp³-hybridized carbons (Fsp3) is 0.211. The van der Waals surface area contributed by atoms with Crippen molar-refractivity contribution in [3.63, 3.8) is 0 Å². The van der Waals surface area contributed by atoms with Crippen molar-refractivity contribution in [1.82, 2.24) is 14.9 Å². The van der Waals surface area contributed by atoms with E-state index < -0.39 is 58.3 Å². The van der Waals surface area contributed by atoms with E-state index in [9.17, 15) is 31.5 Å². The second kappa shape index (κ2) is 9.00. The molecule has 0 spiro atoms. The van der Waals surface area contributed by atoms with E-state index in [1.54, 1.807) is 0 Å². The Bertz CT molecular complexity index is 1240. The van der Waals surface area contributed by atoms with Crippen molar-refractivity contribution in [2.45, 2.75) is 19.3 Å². The van der Waals surface area contributed by atoms with E-state index in [2.05, 4.69) is 15.0 Å². The van der Waals surface area contributed by atoms with E-state index in [0.717, 1.165) is 16.8 Å². The summed E-state index contributed by atoms with van der Waals surface area (Å²) in [5.74, 6) is -3.15. The number of rotatable bonds is 5. The van der Waals surface area contributed by atoms with E-state index in [-0.39, 0.29) is 16.2 Å². The Morgan fingerprint density at radius 2 is 1.94 bits per heavy atom. The Morgan fingerprint density at radius 1 is 1.25 bits per heavy atom. The average molecular weight is 496 g/mol. The highest BCUT2D eigenvalue weighted by Crippen LogP contribution is 2.28. The van der Waals surface area contributed by atoms with Crippen LogP contribution in [0.2, 0.25) is 10.2 Å². The van der Waals surface area contributed by atoms with Gasteiger partial charge in [-0.05, 0) is 25.1 Å². The number of amides is 1. The molecule has 1 amide bonds. The van der Waals surface area contributed by atoms with Crippen molar-refractivity contribution in [3.05, 3.63) is 68.1 Å². The van der Waals surface area contributed by atoms with Crippen molar-refractivity contribution >= 4 is 40.1 Å². The second-order valence-corrected chi connectivity index (χ2v) is 7.39. The zero-order valence-electron chi connectivity index (χ0n) is 15.9. The number of alkyl halides is 3. The lowest BCUT2D eigenvalue weighted by Gasteiger charge is -2.17. The molecule has 0 bridgehead atoms. The summed E-state index contributed by atoms with van der Waals surface area (Å²) < 4.78 is 69.3. The Kier molecular flexibility index (Phi) is 6.72. The third kappa shape index (κ3) is 5.17. The number of benzene rings is 1. The summed E-state index contributed by atoms with van der Waals surface area (Å²) in [5.41, 5.74) is -2.00. The molecule has 3 aromatic rings. The standard InChI is InChI=1S/C19H12Cl2F5N3O3/c1-8(7-32-19(24,25)26)27-18(31)11-6-29(15-12(20)4-9(22)5-13(15)23)17-10(16(11)30)2-3-14(21)28-17/h2-6,8H,7H2,1H3,(H,27,31). The topological polar surface area (TPSA) is 73.2 Å². The van der Waals surface area contributed by atoms with Gasteiger partial charge in [0.05, 0.1) is 23.1 Å². The molecule has 1 aromatic carbocycles. The number of nitrogens with one attached hydrogen (secondary N) is 1. The van der Waals surface area contributed by atoms with Crippen LogP contribution < -0.4 is 10.7 Å². The van der Waals surface area contributed by atoms with Crippen molar-refractivity contribution < 1.29 is 31.5 Å². The molecule has 0 aliphatic rings. The van der Waals surface area contributed by atoms with Crippen molar-refractivity contribution in [2.75, 3.05) is 6.61 Å². The maximum atomic E-state index is 14.6. The first kappa shape index (κ1) is 23.9. The molecular formula is C19H12Cl2F5N3O3. The molecular weight excluding hydrogens is 484 g/mol. The summed E-state index contributed by atoms with van der Waals surface area (Å²) in [7, 11) is 0. The predicted octanol–water partition coefficient (Wildman–Crippen LogP) is 4.63. The number of nitrogens with zero attached hydrogens (tertiary/aromatic N) is 2. The minimum atomic E-state index is -4.91. The summed E-state index contributed by atoms with van der Waals surface area (Å²) in [6, 6.07) is 2.68. The molecule has 0 aliphatic heterocycles. The number of carbonyl (C=O) groups is 1. The average Bonchev–Trinajstić information content (AvgIpc) is 2.66. The van der Waals surface area contributed by atoms with Crippen LogP contribution in [0.25, 0.3) is 16.7 Å². The molecule has 6 nitrogen and oxygen atoms in total. The molecule has 1 N–H and O–H groups in total. The Labute approximate surface area is 186 Å². The third-order valence-electron chi connectivity index (χ3n) is 4.16. The number of halogens is 7. The van der Waals surface area contributed by atoms with Gasteiger partial charge >= 0.3 is 6.36 Å². The molecule has 0 saturated heterocycles. The Hall–Kier alpha value is -2.76. The first-order valence-electron chi connectivity index (χ1n) is 8.75. The number of ether oxygens (including phenoxy) is 1. The summed E-state index contributed by atoms with van der Waals surface area (Å²) in [6.45, 7) is 0.313. The van der Waals surface area contributed by atoms with Gasteiger partial charge in [-0.2, -0.15) is 0 Å². The number of carbonyl (C=O) groups excluding carboxylic acids is 1. The van der Waals surface area contributed by atoms with Gasteiger partial charge in [0.2, 0.25) is 5.43 Å². The van der Waals surface area contributed by atoms with Gasteiger partial charge < -0.3 is 5.32 Å². The van der Waals surface area contributed by atoms with E-state index >= 15 is 0 Å². The summed E-state index contributed by atoms with van der Waals surface area (Å²) >= 11 is 11.9. The van der Waals surface area contributed by atoms with Gasteiger partial charge in [0.15, 0.2) is 5.82 Å². The van der Waals surface area contributed by atoms with Crippen LogP contribution in [0.15, 0.2) is 35.3 Å². The van der Waals surface area contributed by atoms with Crippen LogP contribution in [-0.4, -0.2) is 34.5 Å². The molecule has 1 atom stereocenters. The molecule has 0 saturated carbocycles. The number of hydrogen-bond donors (Lipinski definition) is 1. The summed E-state index contributed by atoms with van der Waals surface area (Å²) in [4.78, 5) is 29.4. The Morgan fingerprint density at radius 3 is 2.56 bits per heavy atom. The SMILES string of the molecule is CC(COC(F)(F)F)NC(=O)c1cn(-c2c(F)cc(F)cc2Cl)c2nc(Cl)ccc2c1=O. The molecule has 32 heavy (non-hydrogen) atoms. The molecule has 3 rings (SSSR count). The largest absolute Gasteiger partial charge is 0.522 e. The molecule has 1 unspecified atom stereocenters. The summed E-state index contributed by atoms with van der Waals surface area (Å²) in [6.07, 6.45) is -4.01. The van der Waals surface area contributed by atoms with Crippen molar-refractivity contribution in [2.24, 2.45) is 0 Å². The molecule has 13 heteroatoms. The predicted molar refractivity (Wildman–Crippen MR) is 106 cm³/mol. The highest BCUT2D eigenvalue weighted by molar-refractivity contribution is 6.32. The van der Waals surface area contributed by atoms with Crippen LogP contribution in [0.4, 0.5) is 22.0 Å². The van der Waals surface area contributed by atoms with Crippen LogP contribution >= 0.6 is 23.2 Å². The number of pyridine rings is 2. The van der Waals surface area contributed by atoms with Crippen LogP contribution in [0.3, 0.4) is 0 Å². The van der Waals surface area contributed by atoms with Crippen molar-refractivity contribution in [1.29, 1.82) is 0 Å². The fourth-order valence-electron chi connectivity index (χ4n) is 2.84. The number of fused-ring (bicyclic) bond motifs is 1. The van der Waals surface area contributed by atoms with Crippen LogP contribution in [-0.2, 0) is 4.74 Å². The number of hydrogen-bond acceptors (Lipinski definition) is 4. The van der Waals surface area contributed by atoms with E-state index in [4.69, 9.17) is 23.2 Å². The lowest BCUT2D eigenvalue weighted by Crippen LogP contribution is -2.39. The first-order chi connectivity index (χ1) is 14.9. The maximum Gasteiger partial charge on any atom is 0.522 e.